The molecule has 10 heteroatoms. The minimum Gasteiger partial charge on any atom is -0.487 e. The van der Waals surface area contributed by atoms with E-state index in [1.54, 1.807) is 24.3 Å². The van der Waals surface area contributed by atoms with Crippen LogP contribution < -0.4 is 9.47 Å². The van der Waals surface area contributed by atoms with Crippen LogP contribution in [-0.4, -0.2) is 27.3 Å². The van der Waals surface area contributed by atoms with E-state index in [0.29, 0.717) is 50.3 Å². The molecule has 1 N–H and O–H groups in total. The van der Waals surface area contributed by atoms with Gasteiger partial charge in [0.05, 0.1) is 22.4 Å². The van der Waals surface area contributed by atoms with Crippen molar-refractivity contribution in [3.63, 3.8) is 0 Å². The average molecular weight is 639 g/mol. The number of aromatic nitrogens is 2. The molecule has 0 aliphatic rings. The van der Waals surface area contributed by atoms with E-state index in [2.05, 4.69) is 15.1 Å². The maximum Gasteiger partial charge on any atom is 0.350 e. The normalized spacial score (nSPS) is 11.4. The van der Waals surface area contributed by atoms with Crippen molar-refractivity contribution in [2.75, 3.05) is 0 Å². The first kappa shape index (κ1) is 29.9. The first-order valence-electron chi connectivity index (χ1n) is 13.9. The van der Waals surface area contributed by atoms with Crippen LogP contribution in [0.1, 0.15) is 28.6 Å². The van der Waals surface area contributed by atoms with Gasteiger partial charge in [0.2, 0.25) is 0 Å². The summed E-state index contributed by atoms with van der Waals surface area (Å²) in [6, 6.07) is 33.4. The number of nitrogens with zero attached hydrogens (tertiary/aromatic N) is 3. The Labute approximate surface area is 268 Å². The molecule has 6 rings (SSSR count). The lowest BCUT2D eigenvalue weighted by Gasteiger charge is -2.21. The van der Waals surface area contributed by atoms with Gasteiger partial charge in [0.25, 0.3) is 0 Å². The number of benzene rings is 4. The summed E-state index contributed by atoms with van der Waals surface area (Å²) in [5.41, 5.74) is 4.15. The minimum absolute atomic E-state index is 0.167. The van der Waals surface area contributed by atoms with Crippen LogP contribution in [-0.2, 0) is 22.8 Å². The molecule has 0 aliphatic heterocycles. The maximum atomic E-state index is 11.2. The van der Waals surface area contributed by atoms with E-state index in [1.807, 2.05) is 84.9 Å². The largest absolute Gasteiger partial charge is 0.487 e. The van der Waals surface area contributed by atoms with Crippen molar-refractivity contribution in [1.29, 1.82) is 0 Å². The second-order valence-corrected chi connectivity index (χ2v) is 10.9. The van der Waals surface area contributed by atoms with Crippen LogP contribution >= 0.6 is 23.2 Å². The van der Waals surface area contributed by atoms with Crippen LogP contribution in [0, 0.1) is 0 Å². The molecule has 0 amide bonds. The predicted molar refractivity (Wildman–Crippen MR) is 174 cm³/mol. The number of carbonyl (C=O) groups is 1. The molecule has 0 atom stereocenters. The summed E-state index contributed by atoms with van der Waals surface area (Å²) < 4.78 is 12.5. The fraction of sp³-hybridized carbons (Fsp3) is 0.0857. The maximum absolute atomic E-state index is 11.2. The Balaban J connectivity index is 1.29. The topological polar surface area (TPSA) is 103 Å². The van der Waals surface area contributed by atoms with Crippen molar-refractivity contribution < 1.29 is 24.2 Å². The number of carboxylic acid groups (broad SMARTS) is 1. The first-order chi connectivity index (χ1) is 21.9. The zero-order valence-corrected chi connectivity index (χ0v) is 25.2. The van der Waals surface area contributed by atoms with Crippen molar-refractivity contribution >= 4 is 57.2 Å². The number of oxime groups is 1. The summed E-state index contributed by atoms with van der Waals surface area (Å²) in [4.78, 5) is 26.4. The van der Waals surface area contributed by atoms with E-state index in [1.165, 1.54) is 0 Å². The summed E-state index contributed by atoms with van der Waals surface area (Å²) in [5.74, 6) is -0.236. The Bertz CT molecular complexity index is 1900. The molecule has 0 bridgehead atoms. The second-order valence-electron chi connectivity index (χ2n) is 9.99. The molecule has 0 saturated carbocycles. The number of pyridine rings is 2. The fourth-order valence-corrected chi connectivity index (χ4v) is 5.14. The molecule has 2 aromatic heterocycles. The Kier molecular flexibility index (Phi) is 9.05. The van der Waals surface area contributed by atoms with Gasteiger partial charge in [0.15, 0.2) is 12.3 Å². The lowest BCUT2D eigenvalue weighted by molar-refractivity contribution is -0.129. The molecule has 0 fully saturated rings. The third-order valence-corrected chi connectivity index (χ3v) is 7.38. The zero-order chi connectivity index (χ0) is 31.2. The summed E-state index contributed by atoms with van der Waals surface area (Å²) in [7, 11) is 0. The van der Waals surface area contributed by atoms with E-state index in [0.717, 1.165) is 21.8 Å². The highest BCUT2D eigenvalue weighted by molar-refractivity contribution is 6.31. The molecule has 2 heterocycles. The Hall–Kier alpha value is -5.18. The van der Waals surface area contributed by atoms with Crippen molar-refractivity contribution in [1.82, 2.24) is 9.97 Å². The quantitative estimate of drug-likeness (QED) is 0.112. The minimum atomic E-state index is -1.24. The van der Waals surface area contributed by atoms with Crippen LogP contribution in [0.3, 0.4) is 0 Å². The van der Waals surface area contributed by atoms with E-state index >= 15 is 0 Å². The van der Waals surface area contributed by atoms with Gasteiger partial charge < -0.3 is 19.4 Å². The second kappa shape index (κ2) is 13.6. The number of ether oxygens (including phenoxy) is 2. The highest BCUT2D eigenvalue weighted by atomic mass is 35.5. The standard InChI is InChI=1S/C35H25Cl2N3O5/c36-24-13-9-22-11-15-26(39-30(22)17-24)20-43-32-7-3-1-5-28(32)35(45-38-19-34(41)42)29-6-2-4-8-33(29)44-21-27-16-12-23-10-14-25(37)18-31(23)40-27/h1-19,35H,20-21H2,(H,41,42)/b38-19-. The van der Waals surface area contributed by atoms with Crippen molar-refractivity contribution in [3.8, 4) is 11.5 Å². The number of hydrogen-bond acceptors (Lipinski definition) is 7. The Morgan fingerprint density at radius 1 is 0.711 bits per heavy atom. The van der Waals surface area contributed by atoms with Crippen molar-refractivity contribution in [3.05, 3.63) is 142 Å². The predicted octanol–water partition coefficient (Wildman–Crippen LogP) is 8.42. The van der Waals surface area contributed by atoms with Gasteiger partial charge in [0.1, 0.15) is 24.7 Å². The highest BCUT2D eigenvalue weighted by Crippen LogP contribution is 2.38. The monoisotopic (exact) mass is 637 g/mol. The van der Waals surface area contributed by atoms with Crippen LogP contribution in [0.25, 0.3) is 21.8 Å². The first-order valence-corrected chi connectivity index (χ1v) is 14.6. The number of para-hydroxylation sites is 2. The molecule has 0 spiro atoms. The molecular weight excluding hydrogens is 613 g/mol. The number of fused-ring (bicyclic) bond motifs is 2. The number of aliphatic carboxylic acids is 1. The molecule has 4 aromatic carbocycles. The average Bonchev–Trinajstić information content (AvgIpc) is 3.04. The lowest BCUT2D eigenvalue weighted by atomic mass is 9.99. The Morgan fingerprint density at radius 2 is 1.18 bits per heavy atom. The van der Waals surface area contributed by atoms with Crippen LogP contribution in [0.2, 0.25) is 10.0 Å². The van der Waals surface area contributed by atoms with Gasteiger partial charge in [-0.3, -0.25) is 0 Å². The molecule has 0 saturated heterocycles. The van der Waals surface area contributed by atoms with E-state index < -0.39 is 12.1 Å². The summed E-state index contributed by atoms with van der Waals surface area (Å²) in [6.07, 6.45) is -0.187. The van der Waals surface area contributed by atoms with Crippen LogP contribution in [0.4, 0.5) is 0 Å². The molecule has 0 radical (unpaired) electrons. The van der Waals surface area contributed by atoms with Gasteiger partial charge in [-0.25, -0.2) is 14.8 Å². The fourth-order valence-electron chi connectivity index (χ4n) is 4.80. The summed E-state index contributed by atoms with van der Waals surface area (Å²) in [5, 5.41) is 16.0. The number of rotatable bonds is 11. The van der Waals surface area contributed by atoms with E-state index in [-0.39, 0.29) is 13.2 Å². The SMILES string of the molecule is O=C(O)/C=N\OC(c1ccccc1OCc1ccc2ccc(Cl)cc2n1)c1ccccc1OCc1ccc2ccc(Cl)cc2n1. The third kappa shape index (κ3) is 7.32. The van der Waals surface area contributed by atoms with Gasteiger partial charge in [-0.05, 0) is 48.5 Å². The summed E-state index contributed by atoms with van der Waals surface area (Å²) >= 11 is 12.3. The van der Waals surface area contributed by atoms with Crippen LogP contribution in [0.5, 0.6) is 11.5 Å². The smallest absolute Gasteiger partial charge is 0.350 e. The zero-order valence-electron chi connectivity index (χ0n) is 23.6. The molecule has 8 nitrogen and oxygen atoms in total. The number of hydrogen-bond donors (Lipinski definition) is 1. The highest BCUT2D eigenvalue weighted by Gasteiger charge is 2.24. The molecule has 224 valence electrons. The van der Waals surface area contributed by atoms with Gasteiger partial charge >= 0.3 is 5.97 Å². The molecule has 45 heavy (non-hydrogen) atoms. The van der Waals surface area contributed by atoms with E-state index in [9.17, 15) is 9.90 Å². The molecular formula is C35H25Cl2N3O5. The third-order valence-electron chi connectivity index (χ3n) is 6.91. The van der Waals surface area contributed by atoms with Crippen LogP contribution in [0.15, 0.2) is 114 Å². The van der Waals surface area contributed by atoms with Gasteiger partial charge in [-0.2, -0.15) is 0 Å². The number of carboxylic acids is 1. The molecule has 0 unspecified atom stereocenters. The van der Waals surface area contributed by atoms with E-state index in [4.69, 9.17) is 37.5 Å². The number of halogens is 2. The Morgan fingerprint density at radius 3 is 1.67 bits per heavy atom. The van der Waals surface area contributed by atoms with Gasteiger partial charge in [-0.1, -0.05) is 89.0 Å². The lowest BCUT2D eigenvalue weighted by Crippen LogP contribution is -2.10. The summed E-state index contributed by atoms with van der Waals surface area (Å²) in [6.45, 7) is 0.334. The van der Waals surface area contributed by atoms with Gasteiger partial charge in [0, 0.05) is 31.9 Å². The van der Waals surface area contributed by atoms with Crippen molar-refractivity contribution in [2.24, 2.45) is 5.16 Å². The molecule has 6 aromatic rings. The molecule has 0 aliphatic carbocycles. The van der Waals surface area contributed by atoms with Crippen molar-refractivity contribution in [2.45, 2.75) is 19.3 Å². The van der Waals surface area contributed by atoms with Gasteiger partial charge in [-0.15, -0.1) is 0 Å².